The van der Waals surface area contributed by atoms with Crippen molar-refractivity contribution in [2.75, 3.05) is 23.3 Å². The molecule has 7 heteroatoms. The highest BCUT2D eigenvalue weighted by atomic mass is 32.1. The van der Waals surface area contributed by atoms with Crippen molar-refractivity contribution in [3.05, 3.63) is 77.4 Å². The predicted octanol–water partition coefficient (Wildman–Crippen LogP) is 6.08. The van der Waals surface area contributed by atoms with E-state index in [0.717, 1.165) is 35.5 Å². The number of carbonyl (C=O) groups is 1. The number of rotatable bonds is 6. The summed E-state index contributed by atoms with van der Waals surface area (Å²) in [5.74, 6) is 0.308. The number of amides is 1. The minimum absolute atomic E-state index is 0.221. The lowest BCUT2D eigenvalue weighted by Crippen LogP contribution is -2.34. The highest BCUT2D eigenvalue weighted by molar-refractivity contribution is 7.80. The number of carbonyl (C=O) groups excluding carboxylic acids is 1. The fraction of sp³-hybridized carbons (Fsp3) is 0.222. The average molecular weight is 473 g/mol. The number of thiocarbonyl (C=S) groups is 1. The number of oxazole rings is 1. The summed E-state index contributed by atoms with van der Waals surface area (Å²) in [4.78, 5) is 19.4. The largest absolute Gasteiger partial charge is 0.436 e. The van der Waals surface area contributed by atoms with Gasteiger partial charge in [0, 0.05) is 35.6 Å². The first-order valence-electron chi connectivity index (χ1n) is 11.3. The third-order valence-electron chi connectivity index (χ3n) is 5.88. The summed E-state index contributed by atoms with van der Waals surface area (Å²) in [6.45, 7) is 10.2. The standard InChI is InChI=1S/C27H28N4O2S/c1-5-31(6-2)22-12-9-19(10-13-22)26-29-23-16-21(11-14-24(23)33-26)28-27(34)30-25(32)20-8-7-17(3)18(4)15-20/h7-16H,5-6H2,1-4H3,(H2,28,30,32,34). The van der Waals surface area contributed by atoms with E-state index in [1.165, 1.54) is 5.69 Å². The van der Waals surface area contributed by atoms with Crippen molar-refractivity contribution in [3.8, 4) is 11.5 Å². The van der Waals surface area contributed by atoms with Crippen LogP contribution < -0.4 is 15.5 Å². The zero-order valence-electron chi connectivity index (χ0n) is 19.8. The molecular formula is C27H28N4O2S. The Morgan fingerprint density at radius 3 is 2.38 bits per heavy atom. The number of hydrogen-bond donors (Lipinski definition) is 2. The molecule has 0 aliphatic heterocycles. The predicted molar refractivity (Wildman–Crippen MR) is 143 cm³/mol. The van der Waals surface area contributed by atoms with Gasteiger partial charge in [-0.25, -0.2) is 4.98 Å². The molecule has 0 fully saturated rings. The molecule has 34 heavy (non-hydrogen) atoms. The summed E-state index contributed by atoms with van der Waals surface area (Å²) in [7, 11) is 0. The molecule has 0 unspecified atom stereocenters. The Balaban J connectivity index is 1.46. The van der Waals surface area contributed by atoms with E-state index in [0.29, 0.717) is 22.6 Å². The second-order valence-electron chi connectivity index (χ2n) is 8.13. The smallest absolute Gasteiger partial charge is 0.257 e. The van der Waals surface area contributed by atoms with Gasteiger partial charge in [0.25, 0.3) is 5.91 Å². The SMILES string of the molecule is CCN(CC)c1ccc(-c2nc3cc(NC(=S)NC(=O)c4ccc(C)c(C)c4)ccc3o2)cc1. The topological polar surface area (TPSA) is 70.4 Å². The minimum Gasteiger partial charge on any atom is -0.436 e. The third kappa shape index (κ3) is 5.10. The Bertz CT molecular complexity index is 1340. The fourth-order valence-electron chi connectivity index (χ4n) is 3.75. The van der Waals surface area contributed by atoms with Crippen LogP contribution in [0.5, 0.6) is 0 Å². The molecule has 0 atom stereocenters. The molecule has 4 aromatic rings. The summed E-state index contributed by atoms with van der Waals surface area (Å²) >= 11 is 5.34. The lowest BCUT2D eigenvalue weighted by Gasteiger charge is -2.20. The number of anilines is 2. The molecule has 0 spiro atoms. The van der Waals surface area contributed by atoms with Gasteiger partial charge in [-0.1, -0.05) is 6.07 Å². The van der Waals surface area contributed by atoms with Gasteiger partial charge >= 0.3 is 0 Å². The molecule has 0 aliphatic carbocycles. The van der Waals surface area contributed by atoms with Gasteiger partial charge in [0.1, 0.15) is 5.52 Å². The van der Waals surface area contributed by atoms with Crippen molar-refractivity contribution >= 4 is 45.7 Å². The molecule has 1 amide bonds. The Morgan fingerprint density at radius 2 is 1.71 bits per heavy atom. The van der Waals surface area contributed by atoms with Crippen molar-refractivity contribution in [3.63, 3.8) is 0 Å². The van der Waals surface area contributed by atoms with Crippen LogP contribution in [0.1, 0.15) is 35.3 Å². The lowest BCUT2D eigenvalue weighted by atomic mass is 10.1. The van der Waals surface area contributed by atoms with E-state index in [1.54, 1.807) is 6.07 Å². The first-order valence-corrected chi connectivity index (χ1v) is 11.7. The van der Waals surface area contributed by atoms with Crippen LogP contribution >= 0.6 is 12.2 Å². The van der Waals surface area contributed by atoms with Gasteiger partial charge in [-0.2, -0.15) is 0 Å². The third-order valence-corrected chi connectivity index (χ3v) is 6.09. The van der Waals surface area contributed by atoms with Gasteiger partial charge in [-0.15, -0.1) is 0 Å². The molecule has 1 heterocycles. The number of nitrogens with zero attached hydrogens (tertiary/aromatic N) is 2. The van der Waals surface area contributed by atoms with Crippen LogP contribution in [-0.4, -0.2) is 29.1 Å². The second-order valence-corrected chi connectivity index (χ2v) is 8.54. The molecule has 6 nitrogen and oxygen atoms in total. The maximum Gasteiger partial charge on any atom is 0.257 e. The van der Waals surface area contributed by atoms with Crippen LogP contribution in [0.2, 0.25) is 0 Å². The van der Waals surface area contributed by atoms with Gasteiger partial charge in [-0.3, -0.25) is 10.1 Å². The zero-order valence-corrected chi connectivity index (χ0v) is 20.6. The number of benzene rings is 3. The highest BCUT2D eigenvalue weighted by Crippen LogP contribution is 2.28. The molecular weight excluding hydrogens is 444 g/mol. The van der Waals surface area contributed by atoms with Crippen LogP contribution in [0.25, 0.3) is 22.6 Å². The van der Waals surface area contributed by atoms with E-state index in [4.69, 9.17) is 16.6 Å². The lowest BCUT2D eigenvalue weighted by molar-refractivity contribution is 0.0977. The number of aryl methyl sites for hydroxylation is 2. The monoisotopic (exact) mass is 472 g/mol. The quantitative estimate of drug-likeness (QED) is 0.331. The summed E-state index contributed by atoms with van der Waals surface area (Å²) in [5.41, 5.74) is 6.95. The molecule has 2 N–H and O–H groups in total. The van der Waals surface area contributed by atoms with Gasteiger partial charge < -0.3 is 14.6 Å². The van der Waals surface area contributed by atoms with Crippen LogP contribution in [-0.2, 0) is 0 Å². The van der Waals surface area contributed by atoms with Gasteiger partial charge in [0.15, 0.2) is 10.7 Å². The summed E-state index contributed by atoms with van der Waals surface area (Å²) in [5, 5.41) is 6.00. The first-order chi connectivity index (χ1) is 16.4. The molecule has 1 aromatic heterocycles. The van der Waals surface area contributed by atoms with Crippen molar-refractivity contribution in [1.82, 2.24) is 10.3 Å². The Labute approximate surface area is 205 Å². The van der Waals surface area contributed by atoms with Crippen LogP contribution in [0, 0.1) is 13.8 Å². The minimum atomic E-state index is -0.251. The number of fused-ring (bicyclic) bond motifs is 1. The molecule has 174 valence electrons. The van der Waals surface area contributed by atoms with Crippen molar-refractivity contribution in [2.45, 2.75) is 27.7 Å². The highest BCUT2D eigenvalue weighted by Gasteiger charge is 2.12. The van der Waals surface area contributed by atoms with Crippen LogP contribution in [0.3, 0.4) is 0 Å². The number of aromatic nitrogens is 1. The molecule has 0 saturated heterocycles. The molecule has 0 saturated carbocycles. The fourth-order valence-corrected chi connectivity index (χ4v) is 3.96. The van der Waals surface area contributed by atoms with E-state index in [1.807, 2.05) is 56.3 Å². The molecule has 4 rings (SSSR count). The second kappa shape index (κ2) is 10.1. The molecule has 0 radical (unpaired) electrons. The van der Waals surface area contributed by atoms with E-state index in [-0.39, 0.29) is 11.0 Å². The Hall–Kier alpha value is -3.71. The summed E-state index contributed by atoms with van der Waals surface area (Å²) < 4.78 is 5.96. The van der Waals surface area contributed by atoms with E-state index >= 15 is 0 Å². The van der Waals surface area contributed by atoms with Gasteiger partial charge in [0.2, 0.25) is 5.89 Å². The Kier molecular flexibility index (Phi) is 6.93. The van der Waals surface area contributed by atoms with Crippen molar-refractivity contribution in [1.29, 1.82) is 0 Å². The maximum absolute atomic E-state index is 12.5. The summed E-state index contributed by atoms with van der Waals surface area (Å²) in [6, 6.07) is 19.3. The van der Waals surface area contributed by atoms with Gasteiger partial charge in [0.05, 0.1) is 0 Å². The molecule has 0 aliphatic rings. The van der Waals surface area contributed by atoms with E-state index in [2.05, 4.69) is 46.5 Å². The number of hydrogen-bond acceptors (Lipinski definition) is 5. The average Bonchev–Trinajstić information content (AvgIpc) is 3.25. The van der Waals surface area contributed by atoms with Crippen LogP contribution in [0.4, 0.5) is 11.4 Å². The zero-order chi connectivity index (χ0) is 24.2. The van der Waals surface area contributed by atoms with E-state index in [9.17, 15) is 4.79 Å². The van der Waals surface area contributed by atoms with Crippen LogP contribution in [0.15, 0.2) is 65.1 Å². The van der Waals surface area contributed by atoms with Gasteiger partial charge in [-0.05, 0) is 106 Å². The molecule has 3 aromatic carbocycles. The van der Waals surface area contributed by atoms with Crippen molar-refractivity contribution < 1.29 is 9.21 Å². The first kappa shape index (κ1) is 23.4. The molecule has 0 bridgehead atoms. The Morgan fingerprint density at radius 1 is 0.971 bits per heavy atom. The van der Waals surface area contributed by atoms with Crippen molar-refractivity contribution in [2.24, 2.45) is 0 Å². The normalized spacial score (nSPS) is 10.8. The van der Waals surface area contributed by atoms with E-state index < -0.39 is 0 Å². The number of nitrogens with one attached hydrogen (secondary N) is 2. The summed E-state index contributed by atoms with van der Waals surface area (Å²) in [6.07, 6.45) is 0. The maximum atomic E-state index is 12.5.